The maximum absolute atomic E-state index is 11.7. The number of nitrogens with one attached hydrogen (secondary N) is 1. The van der Waals surface area contributed by atoms with Gasteiger partial charge in [-0.25, -0.2) is 0 Å². The van der Waals surface area contributed by atoms with Crippen molar-refractivity contribution >= 4 is 11.9 Å². The highest BCUT2D eigenvalue weighted by Crippen LogP contribution is 2.56. The van der Waals surface area contributed by atoms with E-state index in [1.165, 1.54) is 39.0 Å². The van der Waals surface area contributed by atoms with Crippen LogP contribution in [0.1, 0.15) is 39.0 Å². The molecule has 106 valence electrons. The standard InChI is InChI=1S/C15H23NO3/c1-8(15(18)19)14(17)16-7-13-11-3-9-2-10(5-11)6-12(13)4-9/h8-13H,2-7H2,1H3,(H,16,17)(H,18,19). The highest BCUT2D eigenvalue weighted by atomic mass is 16.4. The van der Waals surface area contributed by atoms with Gasteiger partial charge in [-0.1, -0.05) is 0 Å². The predicted octanol–water partition coefficient (Wildman–Crippen LogP) is 1.90. The van der Waals surface area contributed by atoms with Crippen LogP contribution in [0.4, 0.5) is 0 Å². The summed E-state index contributed by atoms with van der Waals surface area (Å²) in [6.07, 6.45) is 6.77. The summed E-state index contributed by atoms with van der Waals surface area (Å²) < 4.78 is 0. The normalized spacial score (nSPS) is 41.0. The molecule has 1 unspecified atom stereocenters. The van der Waals surface area contributed by atoms with E-state index in [2.05, 4.69) is 5.32 Å². The van der Waals surface area contributed by atoms with Crippen LogP contribution in [0.3, 0.4) is 0 Å². The molecule has 4 aliphatic carbocycles. The number of carboxylic acid groups (broad SMARTS) is 1. The number of hydrogen-bond acceptors (Lipinski definition) is 2. The Kier molecular flexibility index (Phi) is 3.27. The number of carboxylic acids is 1. The fourth-order valence-corrected chi connectivity index (χ4v) is 4.85. The van der Waals surface area contributed by atoms with Crippen LogP contribution < -0.4 is 5.32 Å². The van der Waals surface area contributed by atoms with Crippen molar-refractivity contribution in [3.63, 3.8) is 0 Å². The van der Waals surface area contributed by atoms with Gasteiger partial charge in [0, 0.05) is 6.54 Å². The van der Waals surface area contributed by atoms with Crippen LogP contribution in [0.2, 0.25) is 0 Å². The van der Waals surface area contributed by atoms with Crippen LogP contribution in [0.25, 0.3) is 0 Å². The van der Waals surface area contributed by atoms with E-state index in [9.17, 15) is 9.59 Å². The molecule has 1 atom stereocenters. The van der Waals surface area contributed by atoms with Crippen LogP contribution in [0.5, 0.6) is 0 Å². The Morgan fingerprint density at radius 2 is 1.63 bits per heavy atom. The van der Waals surface area contributed by atoms with Gasteiger partial charge in [0.15, 0.2) is 0 Å². The van der Waals surface area contributed by atoms with E-state index in [1.54, 1.807) is 0 Å². The van der Waals surface area contributed by atoms with E-state index in [4.69, 9.17) is 5.11 Å². The first-order valence-corrected chi connectivity index (χ1v) is 7.55. The highest BCUT2D eigenvalue weighted by molar-refractivity contribution is 5.96. The second-order valence-corrected chi connectivity index (χ2v) is 6.90. The Balaban J connectivity index is 1.56. The minimum absolute atomic E-state index is 0.332. The first-order chi connectivity index (χ1) is 9.04. The first-order valence-electron chi connectivity index (χ1n) is 7.55. The molecule has 19 heavy (non-hydrogen) atoms. The van der Waals surface area contributed by atoms with E-state index in [-0.39, 0.29) is 5.91 Å². The SMILES string of the molecule is CC(C(=O)O)C(=O)NCC1C2CC3CC(C2)CC1C3. The Bertz CT molecular complexity index is 365. The predicted molar refractivity (Wildman–Crippen MR) is 70.3 cm³/mol. The molecule has 0 heterocycles. The summed E-state index contributed by atoms with van der Waals surface area (Å²) in [4.78, 5) is 22.5. The minimum Gasteiger partial charge on any atom is -0.481 e. The molecule has 4 heteroatoms. The Hall–Kier alpha value is -1.06. The van der Waals surface area contributed by atoms with Crippen LogP contribution in [0.15, 0.2) is 0 Å². The van der Waals surface area contributed by atoms with Crippen LogP contribution in [-0.2, 0) is 9.59 Å². The van der Waals surface area contributed by atoms with Gasteiger partial charge < -0.3 is 10.4 Å². The van der Waals surface area contributed by atoms with Gasteiger partial charge in [-0.05, 0) is 68.6 Å². The molecule has 4 nitrogen and oxygen atoms in total. The zero-order chi connectivity index (χ0) is 13.6. The summed E-state index contributed by atoms with van der Waals surface area (Å²) in [7, 11) is 0. The highest BCUT2D eigenvalue weighted by Gasteiger charge is 2.48. The van der Waals surface area contributed by atoms with Gasteiger partial charge in [0.2, 0.25) is 5.91 Å². The van der Waals surface area contributed by atoms with Crippen molar-refractivity contribution in [2.75, 3.05) is 6.54 Å². The van der Waals surface area contributed by atoms with Gasteiger partial charge in [-0.2, -0.15) is 0 Å². The average Bonchev–Trinajstić information content (AvgIpc) is 2.35. The fraction of sp³-hybridized carbons (Fsp3) is 0.867. The first kappa shape index (κ1) is 12.9. The minimum atomic E-state index is -1.04. The van der Waals surface area contributed by atoms with Crippen LogP contribution >= 0.6 is 0 Å². The molecule has 0 aliphatic heterocycles. The van der Waals surface area contributed by atoms with Gasteiger partial charge in [0.25, 0.3) is 0 Å². The lowest BCUT2D eigenvalue weighted by Crippen LogP contribution is -2.49. The molecule has 4 fully saturated rings. The Morgan fingerprint density at radius 1 is 1.11 bits per heavy atom. The largest absolute Gasteiger partial charge is 0.481 e. The third-order valence-corrected chi connectivity index (χ3v) is 5.70. The molecule has 0 radical (unpaired) electrons. The number of carbonyl (C=O) groups is 2. The lowest BCUT2D eigenvalue weighted by Gasteiger charge is -2.54. The smallest absolute Gasteiger partial charge is 0.315 e. The molecule has 1 amide bonds. The van der Waals surface area contributed by atoms with Crippen LogP contribution in [-0.4, -0.2) is 23.5 Å². The average molecular weight is 265 g/mol. The summed E-state index contributed by atoms with van der Waals surface area (Å²) in [5.74, 6) is 1.71. The maximum atomic E-state index is 11.7. The van der Waals surface area contributed by atoms with E-state index in [0.29, 0.717) is 12.5 Å². The number of aliphatic carboxylic acids is 1. The molecule has 0 aromatic rings. The van der Waals surface area contributed by atoms with Crippen molar-refractivity contribution in [1.29, 1.82) is 0 Å². The summed E-state index contributed by atoms with van der Waals surface area (Å²) in [5, 5.41) is 11.7. The molecule has 0 aromatic heterocycles. The molecule has 0 saturated heterocycles. The van der Waals surface area contributed by atoms with Gasteiger partial charge in [0.1, 0.15) is 5.92 Å². The molecule has 0 aromatic carbocycles. The van der Waals surface area contributed by atoms with E-state index in [0.717, 1.165) is 23.7 Å². The van der Waals surface area contributed by atoms with Gasteiger partial charge in [0.05, 0.1) is 0 Å². The summed E-state index contributed by atoms with van der Waals surface area (Å²) in [6.45, 7) is 2.14. The van der Waals surface area contributed by atoms with Crippen molar-refractivity contribution in [2.45, 2.75) is 39.0 Å². The third-order valence-electron chi connectivity index (χ3n) is 5.70. The summed E-state index contributed by atoms with van der Waals surface area (Å²) >= 11 is 0. The molecule has 4 rings (SSSR count). The molecule has 4 saturated carbocycles. The number of rotatable bonds is 4. The molecular weight excluding hydrogens is 242 g/mol. The maximum Gasteiger partial charge on any atom is 0.315 e. The van der Waals surface area contributed by atoms with Crippen molar-refractivity contribution in [3.05, 3.63) is 0 Å². The quantitative estimate of drug-likeness (QED) is 0.763. The summed E-state index contributed by atoms with van der Waals surface area (Å²) in [6, 6.07) is 0. The molecular formula is C15H23NO3. The number of carbonyl (C=O) groups excluding carboxylic acids is 1. The second kappa shape index (κ2) is 4.80. The second-order valence-electron chi connectivity index (χ2n) is 6.90. The zero-order valence-electron chi connectivity index (χ0n) is 11.5. The summed E-state index contributed by atoms with van der Waals surface area (Å²) in [5.41, 5.74) is 0. The Morgan fingerprint density at radius 3 is 2.11 bits per heavy atom. The third kappa shape index (κ3) is 2.37. The van der Waals surface area contributed by atoms with Crippen molar-refractivity contribution in [1.82, 2.24) is 5.32 Å². The molecule has 4 bridgehead atoms. The van der Waals surface area contributed by atoms with Crippen molar-refractivity contribution in [3.8, 4) is 0 Å². The lowest BCUT2D eigenvalue weighted by atomic mass is 9.52. The number of hydrogen-bond donors (Lipinski definition) is 2. The lowest BCUT2D eigenvalue weighted by molar-refractivity contribution is -0.146. The van der Waals surface area contributed by atoms with E-state index in [1.807, 2.05) is 0 Å². The van der Waals surface area contributed by atoms with Crippen molar-refractivity contribution < 1.29 is 14.7 Å². The Labute approximate surface area is 113 Å². The van der Waals surface area contributed by atoms with E-state index >= 15 is 0 Å². The van der Waals surface area contributed by atoms with Gasteiger partial charge >= 0.3 is 5.97 Å². The monoisotopic (exact) mass is 265 g/mol. The molecule has 2 N–H and O–H groups in total. The number of amides is 1. The topological polar surface area (TPSA) is 66.4 Å². The molecule has 0 spiro atoms. The zero-order valence-corrected chi connectivity index (χ0v) is 11.5. The van der Waals surface area contributed by atoms with Gasteiger partial charge in [-0.3, -0.25) is 9.59 Å². The van der Waals surface area contributed by atoms with Crippen LogP contribution in [0, 0.1) is 35.5 Å². The van der Waals surface area contributed by atoms with E-state index < -0.39 is 11.9 Å². The van der Waals surface area contributed by atoms with Crippen molar-refractivity contribution in [2.24, 2.45) is 35.5 Å². The fourth-order valence-electron chi connectivity index (χ4n) is 4.85. The van der Waals surface area contributed by atoms with Gasteiger partial charge in [-0.15, -0.1) is 0 Å². The molecule has 4 aliphatic rings.